The van der Waals surface area contributed by atoms with Gasteiger partial charge in [-0.15, -0.1) is 0 Å². The monoisotopic (exact) mass is 559 g/mol. The SMILES string of the molecule is Cc1cccc(C)c1NCCCN(CCCNc1c(C)cccc1C)Cc1ccccn1.[Cl-].[Cl-].[Co+2]. The number of aromatic nitrogens is 1. The van der Waals surface area contributed by atoms with Crippen molar-refractivity contribution in [1.29, 1.82) is 0 Å². The summed E-state index contributed by atoms with van der Waals surface area (Å²) < 4.78 is 0. The number of aryl methyl sites for hydroxylation is 4. The molecule has 0 aliphatic heterocycles. The molecular weight excluding hydrogens is 522 g/mol. The van der Waals surface area contributed by atoms with Crippen molar-refractivity contribution in [3.8, 4) is 0 Å². The fraction of sp³-hybridized carbons (Fsp3) is 0.393. The van der Waals surface area contributed by atoms with Crippen LogP contribution in [0.4, 0.5) is 11.4 Å². The van der Waals surface area contributed by atoms with E-state index in [1.165, 1.54) is 33.6 Å². The third-order valence-electron chi connectivity index (χ3n) is 5.98. The van der Waals surface area contributed by atoms with Gasteiger partial charge in [-0.2, -0.15) is 0 Å². The van der Waals surface area contributed by atoms with Gasteiger partial charge in [-0.05, 0) is 74.9 Å². The number of hydrogen-bond acceptors (Lipinski definition) is 4. The molecule has 0 spiro atoms. The summed E-state index contributed by atoms with van der Waals surface area (Å²) in [5.41, 5.74) is 8.95. The Balaban J connectivity index is 0.00000385. The molecule has 7 heteroatoms. The molecule has 0 unspecified atom stereocenters. The van der Waals surface area contributed by atoms with Crippen molar-refractivity contribution >= 4 is 11.4 Å². The molecule has 0 bridgehead atoms. The van der Waals surface area contributed by atoms with Crippen LogP contribution >= 0.6 is 0 Å². The van der Waals surface area contributed by atoms with Crippen LogP contribution in [0.2, 0.25) is 0 Å². The number of benzene rings is 2. The number of hydrogen-bond donors (Lipinski definition) is 2. The Hall–Kier alpha value is -1.76. The molecule has 3 rings (SSSR count). The molecule has 0 saturated heterocycles. The van der Waals surface area contributed by atoms with Gasteiger partial charge in [0.2, 0.25) is 0 Å². The standard InChI is InChI=1S/C28H38N4.2ClH.Co/c1-22-11-7-12-23(2)27(22)30-17-9-19-32(21-26-15-5-6-16-29-26)20-10-18-31-28-24(3)13-8-14-25(28)4;;;/h5-8,11-16,30-31H,9-10,17-21H2,1-4H3;2*1H;/q;;;+2/p-2. The maximum Gasteiger partial charge on any atom is 2.00 e. The van der Waals surface area contributed by atoms with E-state index in [0.717, 1.165) is 51.3 Å². The molecule has 4 nitrogen and oxygen atoms in total. The third-order valence-corrected chi connectivity index (χ3v) is 5.98. The van der Waals surface area contributed by atoms with Gasteiger partial charge < -0.3 is 35.4 Å². The maximum absolute atomic E-state index is 4.54. The van der Waals surface area contributed by atoms with Crippen molar-refractivity contribution in [2.24, 2.45) is 0 Å². The number of rotatable bonds is 12. The van der Waals surface area contributed by atoms with Crippen molar-refractivity contribution in [1.82, 2.24) is 9.88 Å². The van der Waals surface area contributed by atoms with Gasteiger partial charge in [0.05, 0.1) is 5.69 Å². The van der Waals surface area contributed by atoms with E-state index in [1.54, 1.807) is 0 Å². The predicted octanol–water partition coefficient (Wildman–Crippen LogP) is 0.127. The predicted molar refractivity (Wildman–Crippen MR) is 138 cm³/mol. The van der Waals surface area contributed by atoms with E-state index in [0.29, 0.717) is 0 Å². The van der Waals surface area contributed by atoms with Gasteiger partial charge >= 0.3 is 16.8 Å². The van der Waals surface area contributed by atoms with Crippen LogP contribution in [-0.2, 0) is 23.3 Å². The van der Waals surface area contributed by atoms with Crippen molar-refractivity contribution in [3.05, 3.63) is 88.7 Å². The Morgan fingerprint density at radius 3 is 1.51 bits per heavy atom. The smallest absolute Gasteiger partial charge is 1.00 e. The van der Waals surface area contributed by atoms with E-state index in [2.05, 4.69) is 96.7 Å². The first-order chi connectivity index (χ1) is 15.5. The molecule has 3 aromatic rings. The zero-order valence-electron chi connectivity index (χ0n) is 21.2. The summed E-state index contributed by atoms with van der Waals surface area (Å²) in [6.45, 7) is 13.6. The Kier molecular flexibility index (Phi) is 16.7. The summed E-state index contributed by atoms with van der Waals surface area (Å²) in [4.78, 5) is 7.07. The van der Waals surface area contributed by atoms with Crippen LogP contribution in [0.3, 0.4) is 0 Å². The molecule has 2 N–H and O–H groups in total. The molecule has 2 aromatic carbocycles. The summed E-state index contributed by atoms with van der Waals surface area (Å²) in [7, 11) is 0. The first-order valence-electron chi connectivity index (χ1n) is 11.8. The molecule has 193 valence electrons. The number of nitrogens with zero attached hydrogens (tertiary/aromatic N) is 2. The number of anilines is 2. The van der Waals surface area contributed by atoms with Crippen LogP contribution in [0.25, 0.3) is 0 Å². The first kappa shape index (κ1) is 33.2. The van der Waals surface area contributed by atoms with E-state index >= 15 is 0 Å². The Morgan fingerprint density at radius 2 is 1.11 bits per heavy atom. The minimum absolute atomic E-state index is 0. The van der Waals surface area contributed by atoms with Gasteiger partial charge in [0.25, 0.3) is 0 Å². The fourth-order valence-electron chi connectivity index (χ4n) is 4.21. The van der Waals surface area contributed by atoms with Crippen molar-refractivity contribution in [3.63, 3.8) is 0 Å². The Labute approximate surface area is 234 Å². The average molecular weight is 560 g/mol. The molecule has 0 atom stereocenters. The van der Waals surface area contributed by atoms with Crippen LogP contribution in [-0.4, -0.2) is 36.1 Å². The van der Waals surface area contributed by atoms with Gasteiger partial charge in [-0.25, -0.2) is 0 Å². The van der Waals surface area contributed by atoms with Crippen molar-refractivity contribution in [2.45, 2.75) is 47.1 Å². The van der Waals surface area contributed by atoms with E-state index in [9.17, 15) is 0 Å². The minimum atomic E-state index is 0. The second-order valence-corrected chi connectivity index (χ2v) is 8.69. The molecule has 35 heavy (non-hydrogen) atoms. The van der Waals surface area contributed by atoms with Gasteiger partial charge in [-0.1, -0.05) is 42.5 Å². The van der Waals surface area contributed by atoms with Crippen molar-refractivity contribution in [2.75, 3.05) is 36.8 Å². The summed E-state index contributed by atoms with van der Waals surface area (Å²) in [6.07, 6.45) is 4.09. The second-order valence-electron chi connectivity index (χ2n) is 8.69. The molecule has 1 radical (unpaired) electrons. The Morgan fingerprint density at radius 1 is 0.657 bits per heavy atom. The molecule has 0 aliphatic carbocycles. The molecule has 0 aliphatic rings. The largest absolute Gasteiger partial charge is 2.00 e. The van der Waals surface area contributed by atoms with E-state index < -0.39 is 0 Å². The van der Waals surface area contributed by atoms with E-state index in [-0.39, 0.29) is 41.6 Å². The van der Waals surface area contributed by atoms with E-state index in [1.807, 2.05) is 12.3 Å². The van der Waals surface area contributed by atoms with Crippen LogP contribution in [0.5, 0.6) is 0 Å². The topological polar surface area (TPSA) is 40.2 Å². The normalized spacial score (nSPS) is 10.1. The van der Waals surface area contributed by atoms with Crippen LogP contribution in [0.1, 0.15) is 40.8 Å². The summed E-state index contributed by atoms with van der Waals surface area (Å²) in [6, 6.07) is 19.1. The summed E-state index contributed by atoms with van der Waals surface area (Å²) in [5, 5.41) is 7.29. The number of halogens is 2. The Bertz CT molecular complexity index is 886. The third kappa shape index (κ3) is 10.8. The van der Waals surface area contributed by atoms with Gasteiger partial charge in [0.15, 0.2) is 0 Å². The number of nitrogens with one attached hydrogen (secondary N) is 2. The molecule has 0 amide bonds. The zero-order valence-corrected chi connectivity index (χ0v) is 23.8. The average Bonchev–Trinajstić information content (AvgIpc) is 2.78. The van der Waals surface area contributed by atoms with Crippen molar-refractivity contribution < 1.29 is 41.6 Å². The number of pyridine rings is 1. The van der Waals surface area contributed by atoms with Crippen LogP contribution in [0, 0.1) is 27.7 Å². The van der Waals surface area contributed by atoms with Gasteiger partial charge in [0.1, 0.15) is 0 Å². The zero-order chi connectivity index (χ0) is 22.8. The van der Waals surface area contributed by atoms with Gasteiger partial charge in [0, 0.05) is 50.3 Å². The first-order valence-corrected chi connectivity index (χ1v) is 11.8. The number of para-hydroxylation sites is 2. The molecule has 0 fully saturated rings. The molecule has 1 aromatic heterocycles. The maximum atomic E-state index is 4.54. The van der Waals surface area contributed by atoms with Crippen LogP contribution < -0.4 is 35.4 Å². The minimum Gasteiger partial charge on any atom is -1.00 e. The summed E-state index contributed by atoms with van der Waals surface area (Å²) in [5.74, 6) is 0. The quantitative estimate of drug-likeness (QED) is 0.309. The molecule has 1 heterocycles. The van der Waals surface area contributed by atoms with Gasteiger partial charge in [-0.3, -0.25) is 9.88 Å². The molecular formula is C28H38Cl2CoN4. The van der Waals surface area contributed by atoms with Crippen LogP contribution in [0.15, 0.2) is 60.8 Å². The van der Waals surface area contributed by atoms with E-state index in [4.69, 9.17) is 0 Å². The second kappa shape index (κ2) is 17.6. The molecule has 0 saturated carbocycles. The summed E-state index contributed by atoms with van der Waals surface area (Å²) >= 11 is 0. The fourth-order valence-corrected chi connectivity index (χ4v) is 4.21.